The molecule has 0 aliphatic carbocycles. The first kappa shape index (κ1) is 22.1. The number of carbonyl (C=O) groups is 1. The molecule has 0 aliphatic heterocycles. The Bertz CT molecular complexity index is 414. The van der Waals surface area contributed by atoms with E-state index in [-0.39, 0.29) is 6.10 Å². The van der Waals surface area contributed by atoms with E-state index in [0.717, 1.165) is 12.0 Å². The molecule has 1 N–H and O–H groups in total. The Morgan fingerprint density at radius 3 is 2.04 bits per heavy atom. The van der Waals surface area contributed by atoms with Gasteiger partial charge in [-0.3, -0.25) is 0 Å². The van der Waals surface area contributed by atoms with Gasteiger partial charge in [0.1, 0.15) is 0 Å². The molecule has 0 saturated heterocycles. The smallest absolute Gasteiger partial charge is 0.331 e. The van der Waals surface area contributed by atoms with Crippen molar-refractivity contribution in [3.8, 4) is 0 Å². The largest absolute Gasteiger partial charge is 0.478 e. The highest BCUT2D eigenvalue weighted by atomic mass is 28.4. The van der Waals surface area contributed by atoms with Crippen LogP contribution in [0.25, 0.3) is 0 Å². The van der Waals surface area contributed by atoms with E-state index in [1.807, 2.05) is 6.92 Å². The van der Waals surface area contributed by atoms with Gasteiger partial charge < -0.3 is 9.53 Å². The van der Waals surface area contributed by atoms with E-state index in [1.165, 1.54) is 18.1 Å². The minimum Gasteiger partial charge on any atom is -0.478 e. The number of carboxylic acids is 1. The van der Waals surface area contributed by atoms with Crippen LogP contribution in [0.2, 0.25) is 18.1 Å². The van der Waals surface area contributed by atoms with Crippen LogP contribution in [0.1, 0.15) is 61.3 Å². The fourth-order valence-electron chi connectivity index (χ4n) is 2.80. The highest BCUT2D eigenvalue weighted by molar-refractivity contribution is 6.73. The van der Waals surface area contributed by atoms with E-state index in [2.05, 4.69) is 46.8 Å². The quantitative estimate of drug-likeness (QED) is 0.294. The molecule has 0 fully saturated rings. The van der Waals surface area contributed by atoms with Gasteiger partial charge in [0.15, 0.2) is 8.32 Å². The van der Waals surface area contributed by atoms with Gasteiger partial charge in [0, 0.05) is 5.57 Å². The van der Waals surface area contributed by atoms with E-state index in [9.17, 15) is 4.79 Å². The first-order valence-corrected chi connectivity index (χ1v) is 11.5. The summed E-state index contributed by atoms with van der Waals surface area (Å²) < 4.78 is 6.62. The van der Waals surface area contributed by atoms with Crippen molar-refractivity contribution >= 4 is 14.3 Å². The molecule has 0 amide bonds. The normalized spacial score (nSPS) is 16.3. The molecule has 2 atom stereocenters. The second-order valence-corrected chi connectivity index (χ2v) is 11.2. The Balaban J connectivity index is 4.85. The minimum absolute atomic E-state index is 0.266. The van der Waals surface area contributed by atoms with Crippen molar-refractivity contribution in [2.24, 2.45) is 5.92 Å². The molecule has 0 heterocycles. The third kappa shape index (κ3) is 7.04. The first-order chi connectivity index (χ1) is 10.8. The Labute approximate surface area is 144 Å². The number of hydrogen-bond donors (Lipinski definition) is 1. The second-order valence-electron chi connectivity index (χ2n) is 6.51. The molecule has 134 valence electrons. The summed E-state index contributed by atoms with van der Waals surface area (Å²) in [4.78, 5) is 11.0. The van der Waals surface area contributed by atoms with E-state index >= 15 is 0 Å². The van der Waals surface area contributed by atoms with Gasteiger partial charge >= 0.3 is 5.97 Å². The molecule has 0 rings (SSSR count). The van der Waals surface area contributed by atoms with E-state index in [1.54, 1.807) is 6.92 Å². The summed E-state index contributed by atoms with van der Waals surface area (Å²) in [5, 5.41) is 9.00. The summed E-state index contributed by atoms with van der Waals surface area (Å²) in [7, 11) is -1.58. The molecular formula is C19H36O3Si. The number of hydrogen-bond acceptors (Lipinski definition) is 2. The van der Waals surface area contributed by atoms with Crippen LogP contribution in [-0.4, -0.2) is 25.5 Å². The second kappa shape index (κ2) is 10.8. The zero-order valence-corrected chi connectivity index (χ0v) is 17.1. The fraction of sp³-hybridized carbons (Fsp3) is 0.737. The van der Waals surface area contributed by atoms with Gasteiger partial charge in [-0.1, -0.05) is 52.3 Å². The van der Waals surface area contributed by atoms with Crippen LogP contribution in [-0.2, 0) is 9.22 Å². The maximum absolute atomic E-state index is 11.0. The monoisotopic (exact) mass is 340 g/mol. The van der Waals surface area contributed by atoms with Crippen molar-refractivity contribution in [3.05, 3.63) is 23.3 Å². The zero-order chi connectivity index (χ0) is 18.0. The lowest BCUT2D eigenvalue weighted by Gasteiger charge is -2.35. The number of carboxylic acid groups (broad SMARTS) is 1. The molecule has 0 radical (unpaired) electrons. The lowest BCUT2D eigenvalue weighted by molar-refractivity contribution is -0.132. The molecule has 0 aliphatic rings. The average molecular weight is 341 g/mol. The molecule has 0 bridgehead atoms. The molecular weight excluding hydrogens is 304 g/mol. The third-order valence-corrected chi connectivity index (χ3v) is 9.82. The van der Waals surface area contributed by atoms with Gasteiger partial charge in [-0.25, -0.2) is 4.79 Å². The predicted octanol–water partition coefficient (Wildman–Crippen LogP) is 5.79. The molecule has 0 aromatic heterocycles. The summed E-state index contributed by atoms with van der Waals surface area (Å²) in [6, 6.07) is 3.52. The fourth-order valence-corrected chi connectivity index (χ4v) is 5.83. The van der Waals surface area contributed by atoms with Crippen molar-refractivity contribution in [2.45, 2.75) is 85.5 Å². The molecule has 23 heavy (non-hydrogen) atoms. The Kier molecular flexibility index (Phi) is 10.4. The van der Waals surface area contributed by atoms with Crippen molar-refractivity contribution in [1.82, 2.24) is 0 Å². The van der Waals surface area contributed by atoms with Gasteiger partial charge in [-0.05, 0) is 50.7 Å². The molecule has 0 unspecified atom stereocenters. The van der Waals surface area contributed by atoms with Crippen LogP contribution in [0.4, 0.5) is 0 Å². The third-order valence-electron chi connectivity index (χ3n) is 5.15. The van der Waals surface area contributed by atoms with Crippen LogP contribution in [0.15, 0.2) is 23.3 Å². The SMILES string of the molecule is CC[C@H](O[Si](CC)(CC)CC)[C@@H](C)C=CCC(C)=C(C)C(=O)O. The Morgan fingerprint density at radius 2 is 1.65 bits per heavy atom. The maximum Gasteiger partial charge on any atom is 0.331 e. The summed E-state index contributed by atoms with van der Waals surface area (Å²) >= 11 is 0. The van der Waals surface area contributed by atoms with Crippen LogP contribution in [0.3, 0.4) is 0 Å². The molecule has 0 aromatic rings. The zero-order valence-electron chi connectivity index (χ0n) is 16.1. The lowest BCUT2D eigenvalue weighted by Crippen LogP contribution is -2.41. The maximum atomic E-state index is 11.0. The minimum atomic E-state index is -1.58. The van der Waals surface area contributed by atoms with Crippen LogP contribution in [0, 0.1) is 5.92 Å². The van der Waals surface area contributed by atoms with E-state index in [4.69, 9.17) is 9.53 Å². The Hall–Kier alpha value is -0.873. The summed E-state index contributed by atoms with van der Waals surface area (Å²) in [6.07, 6.45) is 6.25. The van der Waals surface area contributed by atoms with Gasteiger partial charge in [-0.2, -0.15) is 0 Å². The standard InChI is InChI=1S/C19H36O3Si/c1-8-18(22-23(9-2,10-3)11-4)16(6)14-12-13-15(5)17(7)19(20)21/h12,14,16,18H,8-11,13H2,1-7H3,(H,20,21)/t16-,18-/m0/s1. The molecule has 4 heteroatoms. The van der Waals surface area contributed by atoms with Gasteiger partial charge in [-0.15, -0.1) is 0 Å². The van der Waals surface area contributed by atoms with Gasteiger partial charge in [0.05, 0.1) is 6.10 Å². The van der Waals surface area contributed by atoms with Crippen LogP contribution < -0.4 is 0 Å². The van der Waals surface area contributed by atoms with Crippen molar-refractivity contribution < 1.29 is 14.3 Å². The van der Waals surface area contributed by atoms with Gasteiger partial charge in [0.25, 0.3) is 0 Å². The first-order valence-electron chi connectivity index (χ1n) is 9.00. The highest BCUT2D eigenvalue weighted by Crippen LogP contribution is 2.27. The van der Waals surface area contributed by atoms with E-state index in [0.29, 0.717) is 17.9 Å². The summed E-state index contributed by atoms with van der Waals surface area (Å²) in [5.74, 6) is -0.474. The molecule has 0 aromatic carbocycles. The highest BCUT2D eigenvalue weighted by Gasteiger charge is 2.32. The molecule has 0 spiro atoms. The number of rotatable bonds is 11. The van der Waals surface area contributed by atoms with E-state index < -0.39 is 14.3 Å². The van der Waals surface area contributed by atoms with Gasteiger partial charge in [0.2, 0.25) is 0 Å². The average Bonchev–Trinajstić information content (AvgIpc) is 2.55. The predicted molar refractivity (Wildman–Crippen MR) is 101 cm³/mol. The number of aliphatic carboxylic acids is 1. The lowest BCUT2D eigenvalue weighted by atomic mass is 10.0. The molecule has 0 saturated carbocycles. The van der Waals surface area contributed by atoms with Crippen molar-refractivity contribution in [1.29, 1.82) is 0 Å². The van der Waals surface area contributed by atoms with Crippen LogP contribution >= 0.6 is 0 Å². The topological polar surface area (TPSA) is 46.5 Å². The molecule has 3 nitrogen and oxygen atoms in total. The van der Waals surface area contributed by atoms with Crippen molar-refractivity contribution in [2.75, 3.05) is 0 Å². The van der Waals surface area contributed by atoms with Crippen molar-refractivity contribution in [3.63, 3.8) is 0 Å². The van der Waals surface area contributed by atoms with Crippen LogP contribution in [0.5, 0.6) is 0 Å². The summed E-state index contributed by atoms with van der Waals surface area (Å²) in [6.45, 7) is 14.7. The number of allylic oxidation sites excluding steroid dienone is 2. The summed E-state index contributed by atoms with van der Waals surface area (Å²) in [5.41, 5.74) is 1.36. The Morgan fingerprint density at radius 1 is 1.13 bits per heavy atom.